The Morgan fingerprint density at radius 3 is 2.52 bits per heavy atom. The van der Waals surface area contributed by atoms with Crippen LogP contribution in [0.15, 0.2) is 54.9 Å². The van der Waals surface area contributed by atoms with Crippen LogP contribution in [-0.2, 0) is 0 Å². The molecule has 7 heteroatoms. The lowest BCUT2D eigenvalue weighted by Crippen LogP contribution is -2.33. The molecular weight excluding hydrogens is 307 g/mol. The normalized spacial score (nSPS) is 11.6. The van der Waals surface area contributed by atoms with Crippen LogP contribution >= 0.6 is 0 Å². The van der Waals surface area contributed by atoms with E-state index in [2.05, 4.69) is 4.98 Å². The highest BCUT2D eigenvalue weighted by Crippen LogP contribution is 2.19. The number of amides is 1. The highest BCUT2D eigenvalue weighted by Gasteiger charge is 2.27. The van der Waals surface area contributed by atoms with Crippen molar-refractivity contribution in [2.75, 3.05) is 6.54 Å². The van der Waals surface area contributed by atoms with E-state index in [9.17, 15) is 18.0 Å². The minimum Gasteiger partial charge on any atom is -0.343 e. The molecule has 2 heterocycles. The smallest absolute Gasteiger partial charge is 0.343 e. The molecule has 1 N–H and O–H groups in total. The van der Waals surface area contributed by atoms with Gasteiger partial charge >= 0.3 is 6.18 Å². The molecule has 0 atom stereocenters. The number of aromatic nitrogens is 2. The third kappa shape index (κ3) is 3.50. The first-order valence-electron chi connectivity index (χ1n) is 6.81. The largest absolute Gasteiger partial charge is 0.405 e. The molecule has 0 saturated heterocycles. The van der Waals surface area contributed by atoms with Gasteiger partial charge in [0.2, 0.25) is 0 Å². The van der Waals surface area contributed by atoms with E-state index in [0.29, 0.717) is 5.65 Å². The standard InChI is InChI=1S/C16H12F3N3O/c17-16(18,19)10-20-15(23)12-6-7-14-21-13(9-22(14)8-12)11-4-2-1-3-5-11/h1-9H,10H2,(H,20,23). The van der Waals surface area contributed by atoms with Crippen molar-refractivity contribution in [2.24, 2.45) is 0 Å². The fourth-order valence-electron chi connectivity index (χ4n) is 2.16. The van der Waals surface area contributed by atoms with E-state index in [0.717, 1.165) is 11.3 Å². The van der Waals surface area contributed by atoms with Crippen molar-refractivity contribution in [3.8, 4) is 11.3 Å². The Balaban J connectivity index is 1.86. The number of fused-ring (bicyclic) bond motifs is 1. The van der Waals surface area contributed by atoms with Crippen molar-refractivity contribution < 1.29 is 18.0 Å². The zero-order valence-corrected chi connectivity index (χ0v) is 11.8. The Morgan fingerprint density at radius 1 is 1.09 bits per heavy atom. The van der Waals surface area contributed by atoms with Crippen molar-refractivity contribution in [2.45, 2.75) is 6.18 Å². The quantitative estimate of drug-likeness (QED) is 0.805. The van der Waals surface area contributed by atoms with Gasteiger partial charge in [-0.15, -0.1) is 0 Å². The van der Waals surface area contributed by atoms with Gasteiger partial charge in [-0.3, -0.25) is 4.79 Å². The molecule has 0 radical (unpaired) electrons. The zero-order chi connectivity index (χ0) is 16.4. The number of hydrogen-bond acceptors (Lipinski definition) is 2. The molecule has 3 rings (SSSR count). The molecule has 3 aromatic rings. The maximum absolute atomic E-state index is 12.1. The molecule has 0 bridgehead atoms. The van der Waals surface area contributed by atoms with Gasteiger partial charge in [0.05, 0.1) is 11.3 Å². The Bertz CT molecular complexity index is 841. The van der Waals surface area contributed by atoms with Crippen LogP contribution in [0.5, 0.6) is 0 Å². The fraction of sp³-hybridized carbons (Fsp3) is 0.125. The lowest BCUT2D eigenvalue weighted by Gasteiger charge is -2.08. The molecule has 0 spiro atoms. The monoisotopic (exact) mass is 319 g/mol. The van der Waals surface area contributed by atoms with Crippen LogP contribution in [0.25, 0.3) is 16.9 Å². The molecule has 0 unspecified atom stereocenters. The number of benzene rings is 1. The predicted octanol–water partition coefficient (Wildman–Crippen LogP) is 3.29. The molecule has 0 aliphatic carbocycles. The van der Waals surface area contributed by atoms with Gasteiger partial charge in [-0.2, -0.15) is 13.2 Å². The molecule has 2 aromatic heterocycles. The predicted molar refractivity (Wildman–Crippen MR) is 79.0 cm³/mol. The molecule has 0 aliphatic rings. The van der Waals surface area contributed by atoms with E-state index >= 15 is 0 Å². The number of carbonyl (C=O) groups is 1. The maximum atomic E-state index is 12.1. The highest BCUT2D eigenvalue weighted by atomic mass is 19.4. The van der Waals surface area contributed by atoms with Gasteiger partial charge in [0.1, 0.15) is 12.2 Å². The van der Waals surface area contributed by atoms with Gasteiger partial charge in [0.15, 0.2) is 0 Å². The summed E-state index contributed by atoms with van der Waals surface area (Å²) in [5.74, 6) is -0.779. The average molecular weight is 319 g/mol. The summed E-state index contributed by atoms with van der Waals surface area (Å²) in [6.45, 7) is -1.36. The summed E-state index contributed by atoms with van der Waals surface area (Å²) in [6.07, 6.45) is -1.25. The zero-order valence-electron chi connectivity index (χ0n) is 11.8. The Morgan fingerprint density at radius 2 is 1.83 bits per heavy atom. The van der Waals surface area contributed by atoms with Crippen LogP contribution in [0.1, 0.15) is 10.4 Å². The number of nitrogens with zero attached hydrogens (tertiary/aromatic N) is 2. The molecule has 1 amide bonds. The number of alkyl halides is 3. The molecule has 4 nitrogen and oxygen atoms in total. The fourth-order valence-corrected chi connectivity index (χ4v) is 2.16. The van der Waals surface area contributed by atoms with Gasteiger partial charge in [0, 0.05) is 18.0 Å². The van der Waals surface area contributed by atoms with Gasteiger partial charge in [-0.05, 0) is 12.1 Å². The minimum absolute atomic E-state index is 0.138. The third-order valence-corrected chi connectivity index (χ3v) is 3.23. The van der Waals surface area contributed by atoms with Crippen LogP contribution < -0.4 is 5.32 Å². The van der Waals surface area contributed by atoms with Crippen molar-refractivity contribution in [3.63, 3.8) is 0 Å². The number of halogens is 3. The minimum atomic E-state index is -4.44. The SMILES string of the molecule is O=C(NCC(F)(F)F)c1ccc2nc(-c3ccccc3)cn2c1. The van der Waals surface area contributed by atoms with Crippen LogP contribution in [0.3, 0.4) is 0 Å². The lowest BCUT2D eigenvalue weighted by atomic mass is 10.2. The molecule has 1 aromatic carbocycles. The summed E-state index contributed by atoms with van der Waals surface area (Å²) in [4.78, 5) is 16.2. The first-order valence-corrected chi connectivity index (χ1v) is 6.81. The third-order valence-electron chi connectivity index (χ3n) is 3.23. The molecule has 0 saturated carbocycles. The number of imidazole rings is 1. The van der Waals surface area contributed by atoms with E-state index in [-0.39, 0.29) is 5.56 Å². The number of carbonyl (C=O) groups excluding carboxylic acids is 1. The summed E-state index contributed by atoms with van der Waals surface area (Å²) < 4.78 is 38.1. The summed E-state index contributed by atoms with van der Waals surface area (Å²) in [5, 5.41) is 1.84. The van der Waals surface area contributed by atoms with Gasteiger partial charge in [-0.25, -0.2) is 4.98 Å². The Hall–Kier alpha value is -2.83. The molecule has 118 valence electrons. The van der Waals surface area contributed by atoms with Crippen LogP contribution in [0.2, 0.25) is 0 Å². The van der Waals surface area contributed by atoms with Crippen LogP contribution in [0, 0.1) is 0 Å². The summed E-state index contributed by atoms with van der Waals surface area (Å²) in [6, 6.07) is 12.5. The number of rotatable bonds is 3. The average Bonchev–Trinajstić information content (AvgIpc) is 2.96. The summed E-state index contributed by atoms with van der Waals surface area (Å²) in [7, 11) is 0. The molecule has 23 heavy (non-hydrogen) atoms. The lowest BCUT2D eigenvalue weighted by molar-refractivity contribution is -0.123. The second-order valence-electron chi connectivity index (χ2n) is 4.97. The first kappa shape index (κ1) is 15.1. The maximum Gasteiger partial charge on any atom is 0.405 e. The topological polar surface area (TPSA) is 46.4 Å². The van der Waals surface area contributed by atoms with E-state index in [1.54, 1.807) is 16.7 Å². The van der Waals surface area contributed by atoms with Gasteiger partial charge in [0.25, 0.3) is 5.91 Å². The van der Waals surface area contributed by atoms with Crippen molar-refractivity contribution in [1.29, 1.82) is 0 Å². The number of nitrogens with one attached hydrogen (secondary N) is 1. The summed E-state index contributed by atoms with van der Waals surface area (Å²) >= 11 is 0. The van der Waals surface area contributed by atoms with Gasteiger partial charge in [-0.1, -0.05) is 30.3 Å². The molecule has 0 aliphatic heterocycles. The molecular formula is C16H12F3N3O. The Labute approximate surface area is 129 Å². The number of pyridine rings is 1. The van der Waals surface area contributed by atoms with E-state index in [4.69, 9.17) is 0 Å². The van der Waals surface area contributed by atoms with Crippen molar-refractivity contribution in [1.82, 2.24) is 14.7 Å². The highest BCUT2D eigenvalue weighted by molar-refractivity contribution is 5.94. The number of hydrogen-bond donors (Lipinski definition) is 1. The second-order valence-corrected chi connectivity index (χ2v) is 4.97. The van der Waals surface area contributed by atoms with Crippen molar-refractivity contribution in [3.05, 3.63) is 60.4 Å². The van der Waals surface area contributed by atoms with Crippen molar-refractivity contribution >= 4 is 11.6 Å². The van der Waals surface area contributed by atoms with E-state index in [1.807, 2.05) is 35.6 Å². The Kier molecular flexibility index (Phi) is 3.77. The summed E-state index contributed by atoms with van der Waals surface area (Å²) in [5.41, 5.74) is 2.38. The van der Waals surface area contributed by atoms with E-state index in [1.165, 1.54) is 12.3 Å². The van der Waals surface area contributed by atoms with Gasteiger partial charge < -0.3 is 9.72 Å². The van der Waals surface area contributed by atoms with E-state index < -0.39 is 18.6 Å². The molecule has 0 fully saturated rings. The van der Waals surface area contributed by atoms with Crippen LogP contribution in [-0.4, -0.2) is 28.0 Å². The second kappa shape index (κ2) is 5.75. The van der Waals surface area contributed by atoms with Crippen LogP contribution in [0.4, 0.5) is 13.2 Å². The first-order chi connectivity index (χ1) is 10.9.